The van der Waals surface area contributed by atoms with E-state index in [2.05, 4.69) is 10.5 Å². The molecular weight excluding hydrogens is 274 g/mol. The number of aryl methyl sites for hydroxylation is 1. The Morgan fingerprint density at radius 3 is 2.38 bits per heavy atom. The van der Waals surface area contributed by atoms with E-state index < -0.39 is 5.91 Å². The summed E-state index contributed by atoms with van der Waals surface area (Å²) in [6.45, 7) is 3.60. The number of nitrogens with zero attached hydrogens (tertiary/aromatic N) is 1. The van der Waals surface area contributed by atoms with E-state index in [1.165, 1.54) is 26.4 Å². The summed E-state index contributed by atoms with van der Waals surface area (Å²) in [6.07, 6.45) is 0. The molecule has 0 atom stereocenters. The van der Waals surface area contributed by atoms with Crippen LogP contribution in [0.4, 0.5) is 11.6 Å². The lowest BCUT2D eigenvalue weighted by Crippen LogP contribution is -2.14. The molecule has 2 aromatic rings. The van der Waals surface area contributed by atoms with Gasteiger partial charge in [-0.1, -0.05) is 5.16 Å². The lowest BCUT2D eigenvalue weighted by atomic mass is 10.1. The van der Waals surface area contributed by atoms with Gasteiger partial charge in [-0.25, -0.2) is 0 Å². The predicted octanol–water partition coefficient (Wildman–Crippen LogP) is 2.14. The fraction of sp³-hybridized carbons (Fsp3) is 0.286. The first-order valence-corrected chi connectivity index (χ1v) is 6.23. The SMILES string of the molecule is COc1cc(N)c(C(=O)Nc2onc(C)c2C)cc1OC. The highest BCUT2D eigenvalue weighted by atomic mass is 16.5. The lowest BCUT2D eigenvalue weighted by molar-refractivity contribution is 0.102. The van der Waals surface area contributed by atoms with Gasteiger partial charge in [0.15, 0.2) is 11.5 Å². The minimum Gasteiger partial charge on any atom is -0.493 e. The smallest absolute Gasteiger partial charge is 0.260 e. The van der Waals surface area contributed by atoms with Gasteiger partial charge in [-0.15, -0.1) is 0 Å². The van der Waals surface area contributed by atoms with Gasteiger partial charge in [0.25, 0.3) is 5.91 Å². The van der Waals surface area contributed by atoms with Crippen molar-refractivity contribution < 1.29 is 18.8 Å². The molecule has 1 amide bonds. The van der Waals surface area contributed by atoms with E-state index in [0.29, 0.717) is 23.1 Å². The number of hydrogen-bond donors (Lipinski definition) is 2. The number of aromatic nitrogens is 1. The highest BCUT2D eigenvalue weighted by molar-refractivity contribution is 6.08. The van der Waals surface area contributed by atoms with Crippen LogP contribution in [-0.4, -0.2) is 25.3 Å². The fourth-order valence-corrected chi connectivity index (χ4v) is 1.79. The van der Waals surface area contributed by atoms with Gasteiger partial charge < -0.3 is 19.7 Å². The summed E-state index contributed by atoms with van der Waals surface area (Å²) in [5.74, 6) is 0.764. The molecule has 7 nitrogen and oxygen atoms in total. The molecule has 0 saturated carbocycles. The van der Waals surface area contributed by atoms with Crippen molar-refractivity contribution in [3.63, 3.8) is 0 Å². The number of rotatable bonds is 4. The molecule has 1 aromatic carbocycles. The Kier molecular flexibility index (Phi) is 4.02. The summed E-state index contributed by atoms with van der Waals surface area (Å²) in [5.41, 5.74) is 7.90. The van der Waals surface area contributed by atoms with Crippen LogP contribution >= 0.6 is 0 Å². The molecule has 7 heteroatoms. The summed E-state index contributed by atoms with van der Waals surface area (Å²) < 4.78 is 15.3. The van der Waals surface area contributed by atoms with Crippen LogP contribution in [0.1, 0.15) is 21.6 Å². The summed E-state index contributed by atoms with van der Waals surface area (Å²) >= 11 is 0. The van der Waals surface area contributed by atoms with Gasteiger partial charge >= 0.3 is 0 Å². The quantitative estimate of drug-likeness (QED) is 0.837. The van der Waals surface area contributed by atoms with E-state index in [0.717, 1.165) is 5.56 Å². The molecule has 0 aliphatic heterocycles. The van der Waals surface area contributed by atoms with Gasteiger partial charge in [0.1, 0.15) is 0 Å². The molecule has 0 fully saturated rings. The monoisotopic (exact) mass is 291 g/mol. The fourth-order valence-electron chi connectivity index (χ4n) is 1.79. The Balaban J connectivity index is 2.33. The average Bonchev–Trinajstić information content (AvgIpc) is 2.78. The van der Waals surface area contributed by atoms with Crippen LogP contribution < -0.4 is 20.5 Å². The number of ether oxygens (including phenoxy) is 2. The van der Waals surface area contributed by atoms with Crippen LogP contribution in [0.3, 0.4) is 0 Å². The maximum absolute atomic E-state index is 12.3. The first kappa shape index (κ1) is 14.7. The van der Waals surface area contributed by atoms with Crippen molar-refractivity contribution in [1.29, 1.82) is 0 Å². The normalized spacial score (nSPS) is 10.3. The average molecular weight is 291 g/mol. The van der Waals surface area contributed by atoms with E-state index in [1.807, 2.05) is 0 Å². The van der Waals surface area contributed by atoms with E-state index in [1.54, 1.807) is 13.8 Å². The zero-order valence-corrected chi connectivity index (χ0v) is 12.3. The second-order valence-electron chi connectivity index (χ2n) is 4.47. The van der Waals surface area contributed by atoms with Crippen LogP contribution in [-0.2, 0) is 0 Å². The molecule has 0 aliphatic rings. The van der Waals surface area contributed by atoms with Crippen LogP contribution in [0.2, 0.25) is 0 Å². The molecule has 112 valence electrons. The van der Waals surface area contributed by atoms with Crippen molar-refractivity contribution >= 4 is 17.5 Å². The van der Waals surface area contributed by atoms with Crippen molar-refractivity contribution in [2.24, 2.45) is 0 Å². The summed E-state index contributed by atoms with van der Waals surface area (Å²) in [4.78, 5) is 12.3. The number of nitrogens with two attached hydrogens (primary N) is 1. The zero-order valence-electron chi connectivity index (χ0n) is 12.3. The highest BCUT2D eigenvalue weighted by Gasteiger charge is 2.18. The molecule has 21 heavy (non-hydrogen) atoms. The summed E-state index contributed by atoms with van der Waals surface area (Å²) in [7, 11) is 2.98. The third-order valence-corrected chi connectivity index (χ3v) is 3.18. The summed E-state index contributed by atoms with van der Waals surface area (Å²) in [5, 5.41) is 6.41. The van der Waals surface area contributed by atoms with Gasteiger partial charge in [-0.2, -0.15) is 0 Å². The number of hydrogen-bond acceptors (Lipinski definition) is 6. The largest absolute Gasteiger partial charge is 0.493 e. The van der Waals surface area contributed by atoms with E-state index >= 15 is 0 Å². The molecule has 0 bridgehead atoms. The van der Waals surface area contributed by atoms with Gasteiger partial charge in [-0.3, -0.25) is 10.1 Å². The second-order valence-corrected chi connectivity index (χ2v) is 4.47. The Morgan fingerprint density at radius 2 is 1.86 bits per heavy atom. The van der Waals surface area contributed by atoms with Crippen LogP contribution in [0.25, 0.3) is 0 Å². The zero-order chi connectivity index (χ0) is 15.6. The first-order valence-electron chi connectivity index (χ1n) is 6.23. The standard InChI is InChI=1S/C14H17N3O4/c1-7-8(2)17-21-14(7)16-13(18)9-5-11(19-3)12(20-4)6-10(9)15/h5-6H,15H2,1-4H3,(H,16,18). The van der Waals surface area contributed by atoms with Crippen molar-refractivity contribution in [3.05, 3.63) is 29.0 Å². The lowest BCUT2D eigenvalue weighted by Gasteiger charge is -2.12. The molecule has 0 radical (unpaired) electrons. The number of nitrogens with one attached hydrogen (secondary N) is 1. The maximum Gasteiger partial charge on any atom is 0.260 e. The molecule has 0 unspecified atom stereocenters. The van der Waals surface area contributed by atoms with E-state index in [9.17, 15) is 4.79 Å². The topological polar surface area (TPSA) is 99.6 Å². The third-order valence-electron chi connectivity index (χ3n) is 3.18. The number of carbonyl (C=O) groups is 1. The minimum absolute atomic E-state index is 0.265. The molecule has 0 saturated heterocycles. The van der Waals surface area contributed by atoms with Crippen LogP contribution in [0.5, 0.6) is 11.5 Å². The highest BCUT2D eigenvalue weighted by Crippen LogP contribution is 2.32. The molecule has 0 aliphatic carbocycles. The van der Waals surface area contributed by atoms with Crippen molar-refractivity contribution in [3.8, 4) is 11.5 Å². The van der Waals surface area contributed by atoms with Gasteiger partial charge in [0.05, 0.1) is 25.5 Å². The first-order chi connectivity index (χ1) is 9.97. The number of benzene rings is 1. The van der Waals surface area contributed by atoms with Crippen molar-refractivity contribution in [2.75, 3.05) is 25.3 Å². The number of carbonyl (C=O) groups excluding carboxylic acids is 1. The Morgan fingerprint density at radius 1 is 1.24 bits per heavy atom. The van der Waals surface area contributed by atoms with Crippen molar-refractivity contribution in [1.82, 2.24) is 5.16 Å². The molecule has 3 N–H and O–H groups in total. The molecule has 1 heterocycles. The van der Waals surface area contributed by atoms with Crippen molar-refractivity contribution in [2.45, 2.75) is 13.8 Å². The summed E-state index contributed by atoms with van der Waals surface area (Å²) in [6, 6.07) is 3.05. The predicted molar refractivity (Wildman–Crippen MR) is 77.9 cm³/mol. The van der Waals surface area contributed by atoms with E-state index in [4.69, 9.17) is 19.7 Å². The van der Waals surface area contributed by atoms with Crippen LogP contribution in [0, 0.1) is 13.8 Å². The third kappa shape index (κ3) is 2.76. The van der Waals surface area contributed by atoms with Gasteiger partial charge in [0.2, 0.25) is 5.88 Å². The Labute approximate surface area is 122 Å². The Bertz CT molecular complexity index is 679. The van der Waals surface area contributed by atoms with Gasteiger partial charge in [0, 0.05) is 17.3 Å². The number of amides is 1. The van der Waals surface area contributed by atoms with E-state index in [-0.39, 0.29) is 11.3 Å². The maximum atomic E-state index is 12.3. The minimum atomic E-state index is -0.410. The molecule has 2 rings (SSSR count). The van der Waals surface area contributed by atoms with Crippen LogP contribution in [0.15, 0.2) is 16.7 Å². The molecular formula is C14H17N3O4. The molecule has 1 aromatic heterocycles. The number of methoxy groups -OCH3 is 2. The van der Waals surface area contributed by atoms with Gasteiger partial charge in [-0.05, 0) is 19.9 Å². The number of nitrogen functional groups attached to an aromatic ring is 1. The Hall–Kier alpha value is -2.70. The number of anilines is 2. The molecule has 0 spiro atoms. The second kappa shape index (κ2) is 5.74.